The number of alkyl halides is 6. The minimum Gasteiger partial charge on any atom is -0.211 e. The van der Waals surface area contributed by atoms with Crippen LogP contribution in [0.15, 0.2) is 58.5 Å². The van der Waals surface area contributed by atoms with Crippen molar-refractivity contribution in [3.05, 3.63) is 59.7 Å². The molecule has 0 N–H and O–H groups in total. The minimum atomic E-state index is -5.75. The van der Waals surface area contributed by atoms with Gasteiger partial charge in [0, 0.05) is 0 Å². The molecule has 0 atom stereocenters. The second-order valence-electron chi connectivity index (χ2n) is 5.25. The fraction of sp³-hybridized carbons (Fsp3) is 0.176. The molecule has 2 rings (SSSR count). The van der Waals surface area contributed by atoms with E-state index in [9.17, 15) is 35.9 Å². The normalized spacial score (nSPS) is 12.1. The quantitative estimate of drug-likeness (QED) is 0.420. The molecule has 2 aromatic rings. The Morgan fingerprint density at radius 1 is 0.593 bits per heavy atom. The number of aliphatic imine (C=N–C) groups is 2. The van der Waals surface area contributed by atoms with Gasteiger partial charge in [0.2, 0.25) is 17.6 Å². The average molecular weight is 386 g/mol. The van der Waals surface area contributed by atoms with Crippen LogP contribution >= 0.6 is 0 Å². The van der Waals surface area contributed by atoms with Crippen LogP contribution in [0.3, 0.4) is 0 Å². The lowest BCUT2D eigenvalue weighted by atomic mass is 9.73. The number of benzene rings is 2. The van der Waals surface area contributed by atoms with E-state index in [0.29, 0.717) is 24.3 Å². The van der Waals surface area contributed by atoms with Crippen LogP contribution in [0.4, 0.5) is 37.7 Å². The van der Waals surface area contributed by atoms with Gasteiger partial charge >= 0.3 is 12.4 Å². The van der Waals surface area contributed by atoms with Crippen LogP contribution in [0.25, 0.3) is 0 Å². The largest absolute Gasteiger partial charge is 0.411 e. The molecule has 0 fully saturated rings. The maximum absolute atomic E-state index is 13.8. The molecular formula is C17H8F6N2O2. The molecular weight excluding hydrogens is 378 g/mol. The molecule has 0 bridgehead atoms. The predicted molar refractivity (Wildman–Crippen MR) is 81.3 cm³/mol. The first-order chi connectivity index (χ1) is 12.6. The molecule has 0 heterocycles. The highest BCUT2D eigenvalue weighted by Crippen LogP contribution is 2.56. The van der Waals surface area contributed by atoms with Crippen LogP contribution in [-0.4, -0.2) is 24.5 Å². The maximum atomic E-state index is 13.8. The van der Waals surface area contributed by atoms with Crippen LogP contribution in [0, 0.1) is 0 Å². The van der Waals surface area contributed by atoms with E-state index in [1.54, 1.807) is 0 Å². The summed E-state index contributed by atoms with van der Waals surface area (Å²) in [7, 11) is 0. The summed E-state index contributed by atoms with van der Waals surface area (Å²) in [5.74, 6) is 0. The molecule has 27 heavy (non-hydrogen) atoms. The summed E-state index contributed by atoms with van der Waals surface area (Å²) < 4.78 is 83.1. The Morgan fingerprint density at radius 3 is 1.11 bits per heavy atom. The van der Waals surface area contributed by atoms with Crippen LogP contribution in [-0.2, 0) is 15.0 Å². The van der Waals surface area contributed by atoms with Crippen molar-refractivity contribution in [3.63, 3.8) is 0 Å². The van der Waals surface area contributed by atoms with Crippen molar-refractivity contribution < 1.29 is 35.9 Å². The number of nitrogens with zero attached hydrogens (tertiary/aromatic N) is 2. The van der Waals surface area contributed by atoms with Gasteiger partial charge in [-0.2, -0.15) is 36.3 Å². The monoisotopic (exact) mass is 386 g/mol. The van der Waals surface area contributed by atoms with Gasteiger partial charge in [-0.15, -0.1) is 0 Å². The third-order valence-electron chi connectivity index (χ3n) is 3.80. The Bertz CT molecular complexity index is 827. The molecule has 0 spiro atoms. The summed E-state index contributed by atoms with van der Waals surface area (Å²) in [6, 6.07) is 5.75. The zero-order valence-electron chi connectivity index (χ0n) is 13.1. The third kappa shape index (κ3) is 3.53. The van der Waals surface area contributed by atoms with Crippen LogP contribution in [0.2, 0.25) is 0 Å². The number of hydrogen-bond donors (Lipinski definition) is 0. The molecule has 0 saturated heterocycles. The molecule has 0 amide bonds. The second-order valence-corrected chi connectivity index (χ2v) is 5.25. The Labute approximate surface area is 147 Å². The van der Waals surface area contributed by atoms with Crippen LogP contribution < -0.4 is 0 Å². The zero-order valence-corrected chi connectivity index (χ0v) is 13.1. The van der Waals surface area contributed by atoms with Gasteiger partial charge in [0.05, 0.1) is 11.4 Å². The van der Waals surface area contributed by atoms with Crippen molar-refractivity contribution >= 4 is 23.5 Å². The Kier molecular flexibility index (Phi) is 5.35. The molecule has 0 radical (unpaired) electrons. The van der Waals surface area contributed by atoms with Crippen LogP contribution in [0.1, 0.15) is 11.1 Å². The standard InChI is InChI=1S/C17H8F6N2O2/c18-16(19,20)15(17(21,22)23,11-1-5-13(6-2-11)24-9-26)12-3-7-14(8-4-12)25-10-27/h1-8H. The number of hydrogen-bond acceptors (Lipinski definition) is 4. The van der Waals surface area contributed by atoms with Crippen molar-refractivity contribution in [2.24, 2.45) is 9.98 Å². The highest BCUT2D eigenvalue weighted by Gasteiger charge is 2.72. The molecule has 0 unspecified atom stereocenters. The van der Waals surface area contributed by atoms with E-state index in [1.807, 2.05) is 0 Å². The first-order valence-corrected chi connectivity index (χ1v) is 7.08. The number of isocyanates is 2. The van der Waals surface area contributed by atoms with E-state index in [2.05, 4.69) is 9.98 Å². The zero-order chi connectivity index (χ0) is 20.3. The summed E-state index contributed by atoms with van der Waals surface area (Å²) in [4.78, 5) is 26.7. The SMILES string of the molecule is O=C=Nc1ccc(C(c2ccc(N=C=O)cc2)(C(F)(F)F)C(F)(F)F)cc1. The van der Waals surface area contributed by atoms with E-state index in [4.69, 9.17) is 0 Å². The first-order valence-electron chi connectivity index (χ1n) is 7.08. The van der Waals surface area contributed by atoms with Gasteiger partial charge in [-0.3, -0.25) is 0 Å². The van der Waals surface area contributed by atoms with E-state index >= 15 is 0 Å². The fourth-order valence-corrected chi connectivity index (χ4v) is 2.66. The van der Waals surface area contributed by atoms with E-state index in [0.717, 1.165) is 36.4 Å². The van der Waals surface area contributed by atoms with Crippen LogP contribution in [0.5, 0.6) is 0 Å². The molecule has 0 saturated carbocycles. The number of rotatable bonds is 4. The van der Waals surface area contributed by atoms with Crippen molar-refractivity contribution in [1.29, 1.82) is 0 Å². The van der Waals surface area contributed by atoms with Gasteiger partial charge in [0.1, 0.15) is 0 Å². The van der Waals surface area contributed by atoms with E-state index in [-0.39, 0.29) is 11.4 Å². The molecule has 2 aromatic carbocycles. The predicted octanol–water partition coefficient (Wildman–Crippen LogP) is 5.03. The van der Waals surface area contributed by atoms with E-state index in [1.165, 1.54) is 0 Å². The molecule has 140 valence electrons. The van der Waals surface area contributed by atoms with Crippen molar-refractivity contribution in [1.82, 2.24) is 0 Å². The summed E-state index contributed by atoms with van der Waals surface area (Å²) >= 11 is 0. The third-order valence-corrected chi connectivity index (χ3v) is 3.80. The topological polar surface area (TPSA) is 58.9 Å². The lowest BCUT2D eigenvalue weighted by molar-refractivity contribution is -0.288. The lowest BCUT2D eigenvalue weighted by Crippen LogP contribution is -2.54. The van der Waals surface area contributed by atoms with Crippen molar-refractivity contribution in [3.8, 4) is 0 Å². The summed E-state index contributed by atoms with van der Waals surface area (Å²) in [5, 5.41) is 0. The average Bonchev–Trinajstić information content (AvgIpc) is 2.56. The number of halogens is 6. The smallest absolute Gasteiger partial charge is 0.211 e. The second kappa shape index (κ2) is 7.19. The molecule has 0 aromatic heterocycles. The molecule has 4 nitrogen and oxygen atoms in total. The molecule has 10 heteroatoms. The van der Waals surface area contributed by atoms with Crippen molar-refractivity contribution in [2.75, 3.05) is 0 Å². The van der Waals surface area contributed by atoms with Gasteiger partial charge < -0.3 is 0 Å². The van der Waals surface area contributed by atoms with E-state index < -0.39 is 28.9 Å². The number of carbonyl (C=O) groups excluding carboxylic acids is 2. The summed E-state index contributed by atoms with van der Waals surface area (Å²) in [6.45, 7) is 0. The van der Waals surface area contributed by atoms with Gasteiger partial charge in [-0.1, -0.05) is 24.3 Å². The molecule has 0 aliphatic carbocycles. The lowest BCUT2D eigenvalue weighted by Gasteiger charge is -2.38. The summed E-state index contributed by atoms with van der Waals surface area (Å²) in [6.07, 6.45) is -9.23. The minimum absolute atomic E-state index is 0.150. The molecule has 0 aliphatic heterocycles. The Morgan fingerprint density at radius 2 is 0.889 bits per heavy atom. The highest BCUT2D eigenvalue weighted by molar-refractivity contribution is 5.55. The molecule has 0 aliphatic rings. The van der Waals surface area contributed by atoms with Gasteiger partial charge in [-0.25, -0.2) is 9.59 Å². The fourth-order valence-electron chi connectivity index (χ4n) is 2.66. The first kappa shape index (κ1) is 20.1. The Balaban J connectivity index is 2.82. The summed E-state index contributed by atoms with van der Waals surface area (Å²) in [5.41, 5.74) is -6.87. The van der Waals surface area contributed by atoms with Gasteiger partial charge in [0.25, 0.3) is 0 Å². The van der Waals surface area contributed by atoms with Gasteiger partial charge in [0.15, 0.2) is 0 Å². The Hall–Kier alpha value is -3.22. The van der Waals surface area contributed by atoms with Gasteiger partial charge in [-0.05, 0) is 35.4 Å². The highest BCUT2D eigenvalue weighted by atomic mass is 19.4. The van der Waals surface area contributed by atoms with Crippen molar-refractivity contribution in [2.45, 2.75) is 17.8 Å². The maximum Gasteiger partial charge on any atom is 0.411 e.